The summed E-state index contributed by atoms with van der Waals surface area (Å²) in [5.41, 5.74) is 3.29. The van der Waals surface area contributed by atoms with Crippen LogP contribution in [0.15, 0.2) is 48.7 Å². The average Bonchev–Trinajstić information content (AvgIpc) is 3.23. The van der Waals surface area contributed by atoms with Crippen molar-refractivity contribution in [3.8, 4) is 0 Å². The van der Waals surface area contributed by atoms with Crippen LogP contribution < -0.4 is 0 Å². The van der Waals surface area contributed by atoms with Gasteiger partial charge in [0.25, 0.3) is 5.91 Å². The van der Waals surface area contributed by atoms with E-state index in [9.17, 15) is 14.0 Å². The molecule has 0 unspecified atom stereocenters. The number of carbonyl (C=O) groups is 2. The van der Waals surface area contributed by atoms with Gasteiger partial charge in [-0.1, -0.05) is 24.3 Å². The molecule has 34 heavy (non-hydrogen) atoms. The molecule has 0 atom stereocenters. The summed E-state index contributed by atoms with van der Waals surface area (Å²) in [5, 5.41) is 4.70. The minimum atomic E-state index is -0.389. The zero-order valence-corrected chi connectivity index (χ0v) is 18.8. The van der Waals surface area contributed by atoms with Gasteiger partial charge in [-0.3, -0.25) is 19.3 Å². The Balaban J connectivity index is 1.43. The SMILES string of the molecule is O=C(Cc1ccccc1F)N1CCc2c(c(C(=O)N3CCOCC3)nn2Cc2ccccn2)C1. The maximum absolute atomic E-state index is 14.1. The third-order valence-electron chi connectivity index (χ3n) is 6.32. The van der Waals surface area contributed by atoms with Gasteiger partial charge in [-0.15, -0.1) is 0 Å². The van der Waals surface area contributed by atoms with E-state index in [2.05, 4.69) is 4.98 Å². The highest BCUT2D eigenvalue weighted by molar-refractivity contribution is 5.94. The number of hydrogen-bond donors (Lipinski definition) is 0. The summed E-state index contributed by atoms with van der Waals surface area (Å²) >= 11 is 0. The van der Waals surface area contributed by atoms with Crippen LogP contribution in [0.4, 0.5) is 4.39 Å². The molecule has 2 amide bonds. The maximum Gasteiger partial charge on any atom is 0.274 e. The maximum atomic E-state index is 14.1. The highest BCUT2D eigenvalue weighted by Gasteiger charge is 2.32. The first kappa shape index (κ1) is 22.2. The van der Waals surface area contributed by atoms with Crippen LogP contribution >= 0.6 is 0 Å². The van der Waals surface area contributed by atoms with Crippen LogP contribution in [0.1, 0.15) is 33.0 Å². The van der Waals surface area contributed by atoms with Crippen molar-refractivity contribution in [1.82, 2.24) is 24.6 Å². The summed E-state index contributed by atoms with van der Waals surface area (Å²) in [6.07, 6.45) is 2.28. The van der Waals surface area contributed by atoms with E-state index in [1.165, 1.54) is 6.07 Å². The average molecular weight is 464 g/mol. The van der Waals surface area contributed by atoms with Crippen LogP contribution in [0, 0.1) is 5.82 Å². The Bertz CT molecular complexity index is 1190. The summed E-state index contributed by atoms with van der Waals surface area (Å²) < 4.78 is 21.3. The van der Waals surface area contributed by atoms with Crippen molar-refractivity contribution in [2.75, 3.05) is 32.8 Å². The van der Waals surface area contributed by atoms with E-state index < -0.39 is 0 Å². The van der Waals surface area contributed by atoms with E-state index in [0.29, 0.717) is 57.1 Å². The lowest BCUT2D eigenvalue weighted by Crippen LogP contribution is -2.42. The second kappa shape index (κ2) is 9.72. The van der Waals surface area contributed by atoms with Gasteiger partial charge in [-0.05, 0) is 23.8 Å². The fraction of sp³-hybridized carbons (Fsp3) is 0.360. The topological polar surface area (TPSA) is 80.6 Å². The van der Waals surface area contributed by atoms with Gasteiger partial charge in [0.05, 0.1) is 31.9 Å². The zero-order chi connectivity index (χ0) is 23.5. The molecule has 1 saturated heterocycles. The Labute approximate surface area is 196 Å². The third kappa shape index (κ3) is 4.56. The molecule has 0 radical (unpaired) electrons. The van der Waals surface area contributed by atoms with E-state index in [0.717, 1.165) is 17.0 Å². The summed E-state index contributed by atoms with van der Waals surface area (Å²) in [6, 6.07) is 12.0. The fourth-order valence-corrected chi connectivity index (χ4v) is 4.48. The molecular formula is C25H26FN5O3. The van der Waals surface area contributed by atoms with Crippen molar-refractivity contribution < 1.29 is 18.7 Å². The van der Waals surface area contributed by atoms with Crippen molar-refractivity contribution in [3.05, 3.63) is 82.7 Å². The number of nitrogens with zero attached hydrogens (tertiary/aromatic N) is 5. The molecule has 176 valence electrons. The van der Waals surface area contributed by atoms with Crippen molar-refractivity contribution in [2.45, 2.75) is 25.9 Å². The number of carbonyl (C=O) groups excluding carboxylic acids is 2. The Morgan fingerprint density at radius 3 is 2.56 bits per heavy atom. The molecule has 3 aromatic rings. The van der Waals surface area contributed by atoms with E-state index in [4.69, 9.17) is 9.84 Å². The van der Waals surface area contributed by atoms with Crippen molar-refractivity contribution in [3.63, 3.8) is 0 Å². The van der Waals surface area contributed by atoms with Crippen molar-refractivity contribution >= 4 is 11.8 Å². The van der Waals surface area contributed by atoms with Gasteiger partial charge in [-0.25, -0.2) is 4.39 Å². The van der Waals surface area contributed by atoms with Gasteiger partial charge in [0.15, 0.2) is 5.69 Å². The van der Waals surface area contributed by atoms with Crippen LogP contribution in [0.3, 0.4) is 0 Å². The smallest absolute Gasteiger partial charge is 0.274 e. The number of rotatable bonds is 5. The molecule has 2 aliphatic rings. The van der Waals surface area contributed by atoms with Crippen molar-refractivity contribution in [2.24, 2.45) is 0 Å². The molecule has 2 aliphatic heterocycles. The summed E-state index contributed by atoms with van der Waals surface area (Å²) in [4.78, 5) is 34.2. The summed E-state index contributed by atoms with van der Waals surface area (Å²) in [7, 11) is 0. The highest BCUT2D eigenvalue weighted by atomic mass is 19.1. The van der Waals surface area contributed by atoms with Crippen LogP contribution in [-0.2, 0) is 35.5 Å². The Morgan fingerprint density at radius 1 is 1.00 bits per heavy atom. The van der Waals surface area contributed by atoms with Crippen molar-refractivity contribution in [1.29, 1.82) is 0 Å². The largest absolute Gasteiger partial charge is 0.378 e. The lowest BCUT2D eigenvalue weighted by Gasteiger charge is -2.29. The molecule has 2 aromatic heterocycles. The van der Waals surface area contributed by atoms with Gasteiger partial charge in [0.1, 0.15) is 5.82 Å². The Kier molecular flexibility index (Phi) is 6.35. The normalized spacial score (nSPS) is 15.8. The molecule has 5 rings (SSSR count). The first-order valence-electron chi connectivity index (χ1n) is 11.5. The molecule has 0 saturated carbocycles. The number of pyridine rings is 1. The van der Waals surface area contributed by atoms with Gasteiger partial charge in [0.2, 0.25) is 5.91 Å². The quantitative estimate of drug-likeness (QED) is 0.579. The number of halogens is 1. The van der Waals surface area contributed by atoms with Gasteiger partial charge in [0, 0.05) is 50.1 Å². The van der Waals surface area contributed by atoms with Gasteiger partial charge >= 0.3 is 0 Å². The molecular weight excluding hydrogens is 437 g/mol. The van der Waals surface area contributed by atoms with Gasteiger partial charge < -0.3 is 14.5 Å². The number of aromatic nitrogens is 3. The van der Waals surface area contributed by atoms with Crippen LogP contribution in [0.25, 0.3) is 0 Å². The minimum absolute atomic E-state index is 0.0170. The highest BCUT2D eigenvalue weighted by Crippen LogP contribution is 2.26. The predicted molar refractivity (Wildman–Crippen MR) is 122 cm³/mol. The molecule has 9 heteroatoms. The molecule has 1 aromatic carbocycles. The fourth-order valence-electron chi connectivity index (χ4n) is 4.48. The zero-order valence-electron chi connectivity index (χ0n) is 18.8. The molecule has 0 N–H and O–H groups in total. The lowest BCUT2D eigenvalue weighted by atomic mass is 10.0. The number of hydrogen-bond acceptors (Lipinski definition) is 5. The number of amides is 2. The minimum Gasteiger partial charge on any atom is -0.378 e. The predicted octanol–water partition coefficient (Wildman–Crippen LogP) is 2.07. The Morgan fingerprint density at radius 2 is 1.79 bits per heavy atom. The van der Waals surface area contributed by atoms with Crippen LogP contribution in [0.5, 0.6) is 0 Å². The third-order valence-corrected chi connectivity index (χ3v) is 6.32. The molecule has 8 nitrogen and oxygen atoms in total. The summed E-state index contributed by atoms with van der Waals surface area (Å²) in [5.74, 6) is -0.708. The number of ether oxygens (including phenoxy) is 1. The first-order chi connectivity index (χ1) is 16.6. The molecule has 1 fully saturated rings. The van der Waals surface area contributed by atoms with E-state index in [1.54, 1.807) is 34.2 Å². The molecule has 0 bridgehead atoms. The molecule has 4 heterocycles. The number of benzene rings is 1. The first-order valence-corrected chi connectivity index (χ1v) is 11.5. The lowest BCUT2D eigenvalue weighted by molar-refractivity contribution is -0.131. The number of fused-ring (bicyclic) bond motifs is 1. The monoisotopic (exact) mass is 463 g/mol. The van der Waals surface area contributed by atoms with Gasteiger partial charge in [-0.2, -0.15) is 5.10 Å². The summed E-state index contributed by atoms with van der Waals surface area (Å²) in [6.45, 7) is 3.22. The molecule has 0 spiro atoms. The van der Waals surface area contributed by atoms with Crippen LogP contribution in [-0.4, -0.2) is 69.2 Å². The van der Waals surface area contributed by atoms with E-state index in [-0.39, 0.29) is 30.6 Å². The van der Waals surface area contributed by atoms with Crippen LogP contribution in [0.2, 0.25) is 0 Å². The number of morpholine rings is 1. The molecule has 0 aliphatic carbocycles. The second-order valence-corrected chi connectivity index (χ2v) is 8.49. The van der Waals surface area contributed by atoms with E-state index in [1.807, 2.05) is 22.9 Å². The Hall–Kier alpha value is -3.59. The standard InChI is InChI=1S/C25H26FN5O3/c26-21-7-2-1-5-18(21)15-23(32)30-10-8-22-20(17-30)24(25(33)29-11-13-34-14-12-29)28-31(22)16-19-6-3-4-9-27-19/h1-7,9H,8,10-17H2. The second-order valence-electron chi connectivity index (χ2n) is 8.49. The van der Waals surface area contributed by atoms with E-state index >= 15 is 0 Å².